The van der Waals surface area contributed by atoms with Crippen molar-refractivity contribution >= 4 is 5.91 Å². The van der Waals surface area contributed by atoms with Gasteiger partial charge in [-0.1, -0.05) is 0 Å². The minimum absolute atomic E-state index is 0.0393. The summed E-state index contributed by atoms with van der Waals surface area (Å²) in [4.78, 5) is 16.9. The maximum absolute atomic E-state index is 12.6. The van der Waals surface area contributed by atoms with Crippen molar-refractivity contribution in [2.75, 3.05) is 20.8 Å². The zero-order valence-corrected chi connectivity index (χ0v) is 9.61. The normalized spacial score (nSPS) is 12.2. The minimum atomic E-state index is -0.593. The number of nitrogens with zero attached hydrogens (tertiary/aromatic N) is 2. The molecule has 4 nitrogen and oxygen atoms in total. The number of carbonyl (C=O) groups is 1. The van der Waals surface area contributed by atoms with E-state index in [0.717, 1.165) is 0 Å². The van der Waals surface area contributed by atoms with Crippen LogP contribution < -0.4 is 0 Å². The van der Waals surface area contributed by atoms with Gasteiger partial charge in [0.05, 0.1) is 18.2 Å². The van der Waals surface area contributed by atoms with Gasteiger partial charge in [0.15, 0.2) is 0 Å². The molecule has 0 saturated heterocycles. The fraction of sp³-hybridized carbons (Fsp3) is 0.455. The van der Waals surface area contributed by atoms with Crippen molar-refractivity contribution in [2.45, 2.75) is 13.0 Å². The van der Waals surface area contributed by atoms with Gasteiger partial charge in [0.1, 0.15) is 0 Å². The highest BCUT2D eigenvalue weighted by Gasteiger charge is 2.17. The summed E-state index contributed by atoms with van der Waals surface area (Å²) in [6, 6.07) is 2.55. The smallest absolute Gasteiger partial charge is 0.255 e. The van der Waals surface area contributed by atoms with Crippen molar-refractivity contribution in [3.63, 3.8) is 0 Å². The van der Waals surface area contributed by atoms with E-state index in [1.54, 1.807) is 19.1 Å². The molecule has 0 aliphatic rings. The first kappa shape index (κ1) is 12.6. The van der Waals surface area contributed by atoms with Crippen LogP contribution in [0.3, 0.4) is 0 Å². The zero-order valence-electron chi connectivity index (χ0n) is 9.61. The fourth-order valence-corrected chi connectivity index (χ4v) is 1.26. The molecule has 1 amide bonds. The summed E-state index contributed by atoms with van der Waals surface area (Å²) in [6.45, 7) is 2.33. The van der Waals surface area contributed by atoms with Gasteiger partial charge in [0.2, 0.25) is 5.95 Å². The second kappa shape index (κ2) is 5.55. The number of carbonyl (C=O) groups excluding carboxylic acids is 1. The number of methoxy groups -OCH3 is 1. The van der Waals surface area contributed by atoms with Gasteiger partial charge in [0, 0.05) is 20.4 Å². The first-order chi connectivity index (χ1) is 7.56. The Kier molecular flexibility index (Phi) is 4.37. The summed E-state index contributed by atoms with van der Waals surface area (Å²) in [5.74, 6) is -0.791. The van der Waals surface area contributed by atoms with Crippen LogP contribution in [0.4, 0.5) is 4.39 Å². The molecule has 0 bridgehead atoms. The highest BCUT2D eigenvalue weighted by Crippen LogP contribution is 2.06. The zero-order chi connectivity index (χ0) is 12.1. The minimum Gasteiger partial charge on any atom is -0.383 e. The molecule has 0 aliphatic carbocycles. The lowest BCUT2D eigenvalue weighted by Crippen LogP contribution is -2.37. The molecule has 1 atom stereocenters. The molecule has 0 aromatic carbocycles. The van der Waals surface area contributed by atoms with Crippen molar-refractivity contribution in [3.05, 3.63) is 29.8 Å². The second-order valence-electron chi connectivity index (χ2n) is 3.59. The molecule has 88 valence electrons. The first-order valence-corrected chi connectivity index (χ1v) is 4.94. The predicted molar refractivity (Wildman–Crippen MR) is 57.6 cm³/mol. The van der Waals surface area contributed by atoms with Crippen molar-refractivity contribution < 1.29 is 13.9 Å². The highest BCUT2D eigenvalue weighted by molar-refractivity contribution is 5.93. The van der Waals surface area contributed by atoms with Crippen LogP contribution in [0.1, 0.15) is 17.3 Å². The highest BCUT2D eigenvalue weighted by atomic mass is 19.1. The average Bonchev–Trinajstić information content (AvgIpc) is 2.28. The maximum atomic E-state index is 12.6. The van der Waals surface area contributed by atoms with E-state index in [1.807, 2.05) is 6.92 Å². The van der Waals surface area contributed by atoms with Gasteiger partial charge in [-0.05, 0) is 19.1 Å². The third-order valence-corrected chi connectivity index (χ3v) is 2.36. The van der Waals surface area contributed by atoms with Crippen LogP contribution in [0.15, 0.2) is 18.3 Å². The molecule has 0 aliphatic heterocycles. The topological polar surface area (TPSA) is 42.4 Å². The monoisotopic (exact) mass is 226 g/mol. The predicted octanol–water partition coefficient (Wildman–Crippen LogP) is 1.33. The molecule has 0 saturated carbocycles. The molecule has 1 unspecified atom stereocenters. The number of ether oxygens (including phenoxy) is 1. The molecule has 1 aromatic heterocycles. The molecular formula is C11H15FN2O2. The number of halogens is 1. The Bertz CT molecular complexity index is 354. The summed E-state index contributed by atoms with van der Waals surface area (Å²) in [7, 11) is 3.25. The Morgan fingerprint density at radius 3 is 2.81 bits per heavy atom. The van der Waals surface area contributed by atoms with E-state index in [4.69, 9.17) is 4.74 Å². The molecular weight excluding hydrogens is 211 g/mol. The van der Waals surface area contributed by atoms with Crippen LogP contribution in [0.25, 0.3) is 0 Å². The average molecular weight is 226 g/mol. The molecule has 0 spiro atoms. The van der Waals surface area contributed by atoms with E-state index < -0.39 is 5.95 Å². The molecule has 16 heavy (non-hydrogen) atoms. The van der Waals surface area contributed by atoms with Gasteiger partial charge in [-0.2, -0.15) is 4.39 Å². The Hall–Kier alpha value is -1.49. The van der Waals surface area contributed by atoms with Crippen LogP contribution in [0.5, 0.6) is 0 Å². The number of aromatic nitrogens is 1. The molecule has 1 rings (SSSR count). The van der Waals surface area contributed by atoms with Gasteiger partial charge in [-0.25, -0.2) is 4.98 Å². The van der Waals surface area contributed by atoms with Crippen molar-refractivity contribution in [1.82, 2.24) is 9.88 Å². The third-order valence-electron chi connectivity index (χ3n) is 2.36. The van der Waals surface area contributed by atoms with Gasteiger partial charge in [0.25, 0.3) is 5.91 Å². The molecule has 1 heterocycles. The first-order valence-electron chi connectivity index (χ1n) is 4.94. The number of likely N-dealkylation sites (N-methyl/N-ethyl adjacent to an activating group) is 1. The Balaban J connectivity index is 2.73. The van der Waals surface area contributed by atoms with Gasteiger partial charge in [-0.15, -0.1) is 0 Å². The van der Waals surface area contributed by atoms with Gasteiger partial charge < -0.3 is 9.64 Å². The molecule has 5 heteroatoms. The lowest BCUT2D eigenvalue weighted by molar-refractivity contribution is 0.0633. The van der Waals surface area contributed by atoms with Crippen molar-refractivity contribution in [2.24, 2.45) is 0 Å². The van der Waals surface area contributed by atoms with Gasteiger partial charge in [-0.3, -0.25) is 4.79 Å². The van der Waals surface area contributed by atoms with Crippen molar-refractivity contribution in [1.29, 1.82) is 0 Å². The lowest BCUT2D eigenvalue weighted by Gasteiger charge is -2.24. The molecule has 0 radical (unpaired) electrons. The SMILES string of the molecule is COCC(C)N(C)C(=O)c1ccc(F)nc1. The number of pyridine rings is 1. The summed E-state index contributed by atoms with van der Waals surface area (Å²) in [6.07, 6.45) is 1.23. The Morgan fingerprint density at radius 1 is 1.62 bits per heavy atom. The standard InChI is InChI=1S/C11H15FN2O2/c1-8(7-16-3)14(2)11(15)9-4-5-10(12)13-6-9/h4-6,8H,7H2,1-3H3. The third kappa shape index (κ3) is 3.00. The number of hydrogen-bond donors (Lipinski definition) is 0. The largest absolute Gasteiger partial charge is 0.383 e. The molecule has 1 aromatic rings. The van der Waals surface area contributed by atoms with Crippen molar-refractivity contribution in [3.8, 4) is 0 Å². The second-order valence-corrected chi connectivity index (χ2v) is 3.59. The molecule has 0 N–H and O–H groups in total. The summed E-state index contributed by atoms with van der Waals surface area (Å²) in [5.41, 5.74) is 0.367. The summed E-state index contributed by atoms with van der Waals surface area (Å²) in [5, 5.41) is 0. The van der Waals surface area contributed by atoms with E-state index in [2.05, 4.69) is 4.98 Å². The number of hydrogen-bond acceptors (Lipinski definition) is 3. The maximum Gasteiger partial charge on any atom is 0.255 e. The quantitative estimate of drug-likeness (QED) is 0.727. The van der Waals surface area contributed by atoms with E-state index >= 15 is 0 Å². The molecule has 0 fully saturated rings. The van der Waals surface area contributed by atoms with E-state index in [0.29, 0.717) is 12.2 Å². The van der Waals surface area contributed by atoms with Crippen LogP contribution >= 0.6 is 0 Å². The summed E-state index contributed by atoms with van der Waals surface area (Å²) < 4.78 is 17.5. The van der Waals surface area contributed by atoms with Crippen LogP contribution in [0, 0.1) is 5.95 Å². The van der Waals surface area contributed by atoms with Crippen LogP contribution in [0.2, 0.25) is 0 Å². The Labute approximate surface area is 94.0 Å². The van der Waals surface area contributed by atoms with E-state index in [-0.39, 0.29) is 11.9 Å². The number of rotatable bonds is 4. The fourth-order valence-electron chi connectivity index (χ4n) is 1.26. The van der Waals surface area contributed by atoms with E-state index in [9.17, 15) is 9.18 Å². The van der Waals surface area contributed by atoms with Crippen LogP contribution in [-0.2, 0) is 4.74 Å². The lowest BCUT2D eigenvalue weighted by atomic mass is 10.2. The van der Waals surface area contributed by atoms with E-state index in [1.165, 1.54) is 18.3 Å². The van der Waals surface area contributed by atoms with Gasteiger partial charge >= 0.3 is 0 Å². The number of amides is 1. The summed E-state index contributed by atoms with van der Waals surface area (Å²) >= 11 is 0. The van der Waals surface area contributed by atoms with Crippen LogP contribution in [-0.4, -0.2) is 42.6 Å². The Morgan fingerprint density at radius 2 is 2.31 bits per heavy atom.